The zero-order valence-corrected chi connectivity index (χ0v) is 12.6. The van der Waals surface area contributed by atoms with Gasteiger partial charge in [0.1, 0.15) is 12.0 Å². The summed E-state index contributed by atoms with van der Waals surface area (Å²) in [5.74, 6) is 1.20. The van der Waals surface area contributed by atoms with Crippen molar-refractivity contribution in [3.8, 4) is 0 Å². The first kappa shape index (κ1) is 15.1. The summed E-state index contributed by atoms with van der Waals surface area (Å²) in [6, 6.07) is 6.07. The van der Waals surface area contributed by atoms with Gasteiger partial charge in [0, 0.05) is 19.3 Å². The van der Waals surface area contributed by atoms with Crippen LogP contribution in [0.1, 0.15) is 11.1 Å². The minimum atomic E-state index is 0.495. The predicted molar refractivity (Wildman–Crippen MR) is 86.0 cm³/mol. The van der Waals surface area contributed by atoms with E-state index in [1.54, 1.807) is 7.11 Å². The number of nitrogens with two attached hydrogens (primary N) is 1. The normalized spacial score (nSPS) is 10.4. The molecule has 112 valence electrons. The van der Waals surface area contributed by atoms with E-state index in [-0.39, 0.29) is 0 Å². The number of nitrogens with one attached hydrogen (secondary N) is 2. The first-order valence-corrected chi connectivity index (χ1v) is 6.80. The maximum Gasteiger partial charge on any atom is 0.159 e. The summed E-state index contributed by atoms with van der Waals surface area (Å²) >= 11 is 0. The summed E-state index contributed by atoms with van der Waals surface area (Å²) in [6.07, 6.45) is 1.49. The Labute approximate surface area is 124 Å². The largest absolute Gasteiger partial charge is 0.393 e. The van der Waals surface area contributed by atoms with E-state index < -0.39 is 0 Å². The number of hydrogen-bond donors (Lipinski definition) is 3. The second-order valence-electron chi connectivity index (χ2n) is 4.78. The van der Waals surface area contributed by atoms with Crippen LogP contribution in [0.2, 0.25) is 0 Å². The predicted octanol–water partition coefficient (Wildman–Crippen LogP) is 2.48. The summed E-state index contributed by atoms with van der Waals surface area (Å²) in [7, 11) is 1.65. The van der Waals surface area contributed by atoms with Gasteiger partial charge in [0.2, 0.25) is 0 Å². The summed E-state index contributed by atoms with van der Waals surface area (Å²) < 4.78 is 5.00. The van der Waals surface area contributed by atoms with E-state index >= 15 is 0 Å². The van der Waals surface area contributed by atoms with Gasteiger partial charge in [-0.2, -0.15) is 0 Å². The second-order valence-corrected chi connectivity index (χ2v) is 4.78. The number of aryl methyl sites for hydroxylation is 1. The third kappa shape index (κ3) is 3.61. The molecule has 0 aliphatic carbocycles. The molecule has 0 atom stereocenters. The standard InChI is InChI=1S/C15H21N5O/c1-10-5-4-6-12(11(10)2)20-15-13(16)14(18-9-19-15)17-7-8-21-3/h4-6,9H,7-8,16H2,1-3H3,(H2,17,18,19,20). The lowest BCUT2D eigenvalue weighted by Crippen LogP contribution is -2.12. The SMILES string of the molecule is COCCNc1ncnc(Nc2cccc(C)c2C)c1N. The highest BCUT2D eigenvalue weighted by Crippen LogP contribution is 2.28. The van der Waals surface area contributed by atoms with Gasteiger partial charge in [0.25, 0.3) is 0 Å². The van der Waals surface area contributed by atoms with Crippen molar-refractivity contribution in [2.24, 2.45) is 0 Å². The second kappa shape index (κ2) is 6.90. The lowest BCUT2D eigenvalue weighted by Gasteiger charge is -2.14. The zero-order valence-electron chi connectivity index (χ0n) is 12.6. The van der Waals surface area contributed by atoms with Crippen molar-refractivity contribution in [2.75, 3.05) is 36.6 Å². The van der Waals surface area contributed by atoms with Gasteiger partial charge < -0.3 is 21.1 Å². The molecule has 0 radical (unpaired) electrons. The lowest BCUT2D eigenvalue weighted by molar-refractivity contribution is 0.210. The Morgan fingerprint density at radius 1 is 1.19 bits per heavy atom. The van der Waals surface area contributed by atoms with Crippen LogP contribution in [-0.4, -0.2) is 30.2 Å². The van der Waals surface area contributed by atoms with Gasteiger partial charge in [-0.05, 0) is 31.0 Å². The molecule has 0 bridgehead atoms. The molecule has 0 saturated carbocycles. The molecular formula is C15H21N5O. The van der Waals surface area contributed by atoms with E-state index in [2.05, 4.69) is 40.5 Å². The highest BCUT2D eigenvalue weighted by molar-refractivity contribution is 5.78. The lowest BCUT2D eigenvalue weighted by atomic mass is 10.1. The Morgan fingerprint density at radius 2 is 1.95 bits per heavy atom. The van der Waals surface area contributed by atoms with E-state index in [1.807, 2.05) is 12.1 Å². The van der Waals surface area contributed by atoms with Crippen molar-refractivity contribution in [3.05, 3.63) is 35.7 Å². The molecule has 0 spiro atoms. The molecule has 1 aromatic heterocycles. The number of methoxy groups -OCH3 is 1. The topological polar surface area (TPSA) is 85.1 Å². The number of anilines is 4. The van der Waals surface area contributed by atoms with Gasteiger partial charge in [-0.1, -0.05) is 12.1 Å². The molecule has 21 heavy (non-hydrogen) atoms. The number of rotatable bonds is 6. The van der Waals surface area contributed by atoms with Crippen LogP contribution in [0, 0.1) is 13.8 Å². The molecule has 2 rings (SSSR count). The molecule has 6 nitrogen and oxygen atoms in total. The summed E-state index contributed by atoms with van der Waals surface area (Å²) in [4.78, 5) is 8.36. The molecule has 0 saturated heterocycles. The summed E-state index contributed by atoms with van der Waals surface area (Å²) in [5.41, 5.74) is 9.98. The third-order valence-electron chi connectivity index (χ3n) is 3.34. The molecule has 0 unspecified atom stereocenters. The van der Waals surface area contributed by atoms with Gasteiger partial charge in [-0.3, -0.25) is 0 Å². The highest BCUT2D eigenvalue weighted by atomic mass is 16.5. The molecular weight excluding hydrogens is 266 g/mol. The number of hydrogen-bond acceptors (Lipinski definition) is 6. The number of benzene rings is 1. The van der Waals surface area contributed by atoms with E-state index in [1.165, 1.54) is 17.5 Å². The fraction of sp³-hybridized carbons (Fsp3) is 0.333. The van der Waals surface area contributed by atoms with Crippen LogP contribution < -0.4 is 16.4 Å². The Kier molecular flexibility index (Phi) is 4.94. The van der Waals surface area contributed by atoms with Crippen molar-refractivity contribution < 1.29 is 4.74 Å². The molecule has 1 aromatic carbocycles. The van der Waals surface area contributed by atoms with Crippen LogP contribution in [0.4, 0.5) is 23.0 Å². The molecule has 2 aromatic rings. The molecule has 1 heterocycles. The number of ether oxygens (including phenoxy) is 1. The highest BCUT2D eigenvalue weighted by Gasteiger charge is 2.09. The monoisotopic (exact) mass is 287 g/mol. The number of nitrogen functional groups attached to an aromatic ring is 1. The van der Waals surface area contributed by atoms with Gasteiger partial charge in [-0.25, -0.2) is 9.97 Å². The van der Waals surface area contributed by atoms with E-state index in [4.69, 9.17) is 10.5 Å². The summed E-state index contributed by atoms with van der Waals surface area (Å²) in [5, 5.41) is 6.39. The Hall–Kier alpha value is -2.34. The van der Waals surface area contributed by atoms with Crippen LogP contribution in [0.3, 0.4) is 0 Å². The van der Waals surface area contributed by atoms with Gasteiger partial charge >= 0.3 is 0 Å². The van der Waals surface area contributed by atoms with Crippen LogP contribution >= 0.6 is 0 Å². The van der Waals surface area contributed by atoms with Gasteiger partial charge in [0.05, 0.1) is 6.61 Å². The van der Waals surface area contributed by atoms with Crippen molar-refractivity contribution in [3.63, 3.8) is 0 Å². The van der Waals surface area contributed by atoms with Crippen molar-refractivity contribution in [2.45, 2.75) is 13.8 Å². The van der Waals surface area contributed by atoms with Crippen molar-refractivity contribution in [1.82, 2.24) is 9.97 Å². The third-order valence-corrected chi connectivity index (χ3v) is 3.34. The van der Waals surface area contributed by atoms with Gasteiger partial charge in [-0.15, -0.1) is 0 Å². The molecule has 0 fully saturated rings. The maximum absolute atomic E-state index is 6.11. The van der Waals surface area contributed by atoms with E-state index in [9.17, 15) is 0 Å². The molecule has 4 N–H and O–H groups in total. The van der Waals surface area contributed by atoms with E-state index in [0.717, 1.165) is 5.69 Å². The Bertz CT molecular complexity index is 615. The maximum atomic E-state index is 6.11. The Morgan fingerprint density at radius 3 is 2.71 bits per heavy atom. The minimum absolute atomic E-state index is 0.495. The fourth-order valence-corrected chi connectivity index (χ4v) is 1.92. The van der Waals surface area contributed by atoms with Crippen LogP contribution in [-0.2, 0) is 4.74 Å². The minimum Gasteiger partial charge on any atom is -0.393 e. The first-order valence-electron chi connectivity index (χ1n) is 6.80. The van der Waals surface area contributed by atoms with Crippen LogP contribution in [0.5, 0.6) is 0 Å². The zero-order chi connectivity index (χ0) is 15.2. The van der Waals surface area contributed by atoms with Crippen LogP contribution in [0.25, 0.3) is 0 Å². The average Bonchev–Trinajstić information content (AvgIpc) is 2.48. The van der Waals surface area contributed by atoms with Crippen molar-refractivity contribution >= 4 is 23.0 Å². The molecule has 0 aliphatic rings. The smallest absolute Gasteiger partial charge is 0.159 e. The quantitative estimate of drug-likeness (QED) is 0.708. The van der Waals surface area contributed by atoms with Crippen LogP contribution in [0.15, 0.2) is 24.5 Å². The molecule has 0 aliphatic heterocycles. The van der Waals surface area contributed by atoms with Crippen molar-refractivity contribution in [1.29, 1.82) is 0 Å². The average molecular weight is 287 g/mol. The first-order chi connectivity index (χ1) is 10.1. The summed E-state index contributed by atoms with van der Waals surface area (Å²) in [6.45, 7) is 5.36. The van der Waals surface area contributed by atoms with Gasteiger partial charge in [0.15, 0.2) is 11.6 Å². The number of nitrogens with zero attached hydrogens (tertiary/aromatic N) is 2. The fourth-order valence-electron chi connectivity index (χ4n) is 1.92. The molecule has 6 heteroatoms. The Balaban J connectivity index is 2.20. The van der Waals surface area contributed by atoms with E-state index in [0.29, 0.717) is 30.5 Å². The number of aromatic nitrogens is 2. The molecule has 0 amide bonds.